The second-order valence-corrected chi connectivity index (χ2v) is 8.38. The van der Waals surface area contributed by atoms with E-state index in [4.69, 9.17) is 11.6 Å². The van der Waals surface area contributed by atoms with E-state index in [2.05, 4.69) is 4.98 Å². The molecule has 112 valence electrons. The number of sulfonamides is 1. The first kappa shape index (κ1) is 14.8. The van der Waals surface area contributed by atoms with Crippen LogP contribution in [0.4, 0.5) is 5.69 Å². The maximum atomic E-state index is 12.2. The summed E-state index contributed by atoms with van der Waals surface area (Å²) in [5, 5.41) is 3.05. The largest absolute Gasteiger partial charge is 0.270 e. The molecule has 0 radical (unpaired) electrons. The molecule has 0 saturated carbocycles. The predicted molar refractivity (Wildman–Crippen MR) is 87.8 cm³/mol. The van der Waals surface area contributed by atoms with Crippen LogP contribution in [0.5, 0.6) is 0 Å². The van der Waals surface area contributed by atoms with Gasteiger partial charge in [-0.25, -0.2) is 13.4 Å². The fraction of sp³-hybridized carbons (Fsp3) is 0.357. The Kier molecular flexibility index (Phi) is 3.94. The van der Waals surface area contributed by atoms with Gasteiger partial charge in [-0.05, 0) is 31.0 Å². The van der Waals surface area contributed by atoms with Crippen LogP contribution in [0.15, 0.2) is 23.6 Å². The van der Waals surface area contributed by atoms with E-state index in [0.29, 0.717) is 6.54 Å². The number of thiazole rings is 1. The van der Waals surface area contributed by atoms with Gasteiger partial charge in [0.05, 0.1) is 22.1 Å². The second-order valence-electron chi connectivity index (χ2n) is 4.92. The van der Waals surface area contributed by atoms with Gasteiger partial charge in [-0.1, -0.05) is 6.07 Å². The second kappa shape index (κ2) is 5.59. The number of hydrogen-bond donors (Lipinski definition) is 0. The normalized spacial score (nSPS) is 14.5. The number of aromatic nitrogens is 1. The van der Waals surface area contributed by atoms with E-state index in [1.54, 1.807) is 11.3 Å². The lowest BCUT2D eigenvalue weighted by Crippen LogP contribution is -2.31. The van der Waals surface area contributed by atoms with Crippen LogP contribution in [0, 0.1) is 6.92 Å². The third-order valence-electron chi connectivity index (χ3n) is 3.52. The van der Waals surface area contributed by atoms with Gasteiger partial charge < -0.3 is 0 Å². The Morgan fingerprint density at radius 1 is 1.43 bits per heavy atom. The summed E-state index contributed by atoms with van der Waals surface area (Å²) in [6.45, 7) is 2.47. The van der Waals surface area contributed by atoms with Crippen molar-refractivity contribution in [1.82, 2.24) is 4.98 Å². The molecule has 7 heteroatoms. The molecule has 1 aromatic heterocycles. The zero-order chi connectivity index (χ0) is 15.0. The third kappa shape index (κ3) is 2.80. The van der Waals surface area contributed by atoms with Crippen molar-refractivity contribution < 1.29 is 8.42 Å². The minimum atomic E-state index is -3.31. The van der Waals surface area contributed by atoms with E-state index in [1.165, 1.54) is 4.31 Å². The molecule has 0 aliphatic carbocycles. The number of alkyl halides is 1. The molecule has 1 aliphatic heterocycles. The zero-order valence-corrected chi connectivity index (χ0v) is 13.9. The van der Waals surface area contributed by atoms with Crippen LogP contribution in [-0.2, 0) is 16.4 Å². The van der Waals surface area contributed by atoms with Gasteiger partial charge in [0.15, 0.2) is 0 Å². The summed E-state index contributed by atoms with van der Waals surface area (Å²) in [5.41, 5.74) is 3.81. The number of anilines is 1. The fourth-order valence-electron chi connectivity index (χ4n) is 2.52. The maximum absolute atomic E-state index is 12.2. The van der Waals surface area contributed by atoms with Gasteiger partial charge in [0.25, 0.3) is 0 Å². The van der Waals surface area contributed by atoms with Crippen LogP contribution in [0.3, 0.4) is 0 Å². The molecule has 0 atom stereocenters. The molecule has 1 aromatic carbocycles. The highest BCUT2D eigenvalue weighted by atomic mass is 35.5. The molecule has 0 amide bonds. The molecule has 21 heavy (non-hydrogen) atoms. The smallest absolute Gasteiger partial charge is 0.236 e. The summed E-state index contributed by atoms with van der Waals surface area (Å²) in [5.74, 6) is 0.0887. The quantitative estimate of drug-likeness (QED) is 0.802. The molecule has 0 N–H and O–H groups in total. The first-order valence-corrected chi connectivity index (χ1v) is 9.65. The molecule has 0 bridgehead atoms. The summed E-state index contributed by atoms with van der Waals surface area (Å²) in [6, 6.07) is 5.85. The Balaban J connectivity index is 1.96. The lowest BCUT2D eigenvalue weighted by molar-refractivity contribution is 0.594. The SMILES string of the molecule is Cc1nc(-c2ccc3c(c2)CCN3S(=O)(=O)CCCl)cs1. The van der Waals surface area contributed by atoms with Crippen LogP contribution in [0.1, 0.15) is 10.6 Å². The number of fused-ring (bicyclic) bond motifs is 1. The van der Waals surface area contributed by atoms with Gasteiger partial charge in [0.1, 0.15) is 0 Å². The Morgan fingerprint density at radius 2 is 2.24 bits per heavy atom. The van der Waals surface area contributed by atoms with Crippen molar-refractivity contribution in [1.29, 1.82) is 0 Å². The van der Waals surface area contributed by atoms with Gasteiger partial charge in [0, 0.05) is 23.4 Å². The molecule has 0 fully saturated rings. The Bertz CT molecular complexity index is 771. The van der Waals surface area contributed by atoms with Crippen molar-refractivity contribution in [2.24, 2.45) is 0 Å². The van der Waals surface area contributed by atoms with Crippen molar-refractivity contribution in [3.8, 4) is 11.3 Å². The van der Waals surface area contributed by atoms with E-state index in [-0.39, 0.29) is 11.6 Å². The van der Waals surface area contributed by atoms with Gasteiger partial charge in [0.2, 0.25) is 10.0 Å². The average molecular weight is 343 g/mol. The van der Waals surface area contributed by atoms with E-state index in [1.807, 2.05) is 30.5 Å². The number of aryl methyl sites for hydroxylation is 1. The van der Waals surface area contributed by atoms with Gasteiger partial charge >= 0.3 is 0 Å². The summed E-state index contributed by atoms with van der Waals surface area (Å²) in [6.07, 6.45) is 0.730. The molecule has 3 rings (SSSR count). The first-order valence-electron chi connectivity index (χ1n) is 6.63. The summed E-state index contributed by atoms with van der Waals surface area (Å²) >= 11 is 7.20. The molecular formula is C14H15ClN2O2S2. The molecule has 1 aliphatic rings. The van der Waals surface area contributed by atoms with Gasteiger partial charge in [-0.3, -0.25) is 4.31 Å². The highest BCUT2D eigenvalue weighted by Gasteiger charge is 2.29. The van der Waals surface area contributed by atoms with Crippen molar-refractivity contribution in [3.05, 3.63) is 34.2 Å². The molecule has 2 heterocycles. The van der Waals surface area contributed by atoms with Crippen molar-refractivity contribution in [2.45, 2.75) is 13.3 Å². The van der Waals surface area contributed by atoms with Crippen molar-refractivity contribution >= 4 is 38.6 Å². The van der Waals surface area contributed by atoms with Crippen molar-refractivity contribution in [3.63, 3.8) is 0 Å². The molecule has 0 saturated heterocycles. The monoisotopic (exact) mass is 342 g/mol. The average Bonchev–Trinajstić information content (AvgIpc) is 3.04. The number of nitrogens with zero attached hydrogens (tertiary/aromatic N) is 2. The Hall–Kier alpha value is -1.11. The Morgan fingerprint density at radius 3 is 2.90 bits per heavy atom. The molecule has 0 unspecified atom stereocenters. The highest BCUT2D eigenvalue weighted by Crippen LogP contribution is 2.34. The summed E-state index contributed by atoms with van der Waals surface area (Å²) in [4.78, 5) is 4.47. The molecule has 0 spiro atoms. The fourth-order valence-corrected chi connectivity index (χ4v) is 4.99. The minimum Gasteiger partial charge on any atom is -0.270 e. The number of hydrogen-bond acceptors (Lipinski definition) is 4. The lowest BCUT2D eigenvalue weighted by atomic mass is 10.1. The minimum absolute atomic E-state index is 0.0268. The highest BCUT2D eigenvalue weighted by molar-refractivity contribution is 7.92. The van der Waals surface area contributed by atoms with E-state index in [0.717, 1.165) is 33.9 Å². The number of halogens is 1. The molecular weight excluding hydrogens is 328 g/mol. The van der Waals surface area contributed by atoms with E-state index >= 15 is 0 Å². The number of rotatable bonds is 4. The van der Waals surface area contributed by atoms with E-state index in [9.17, 15) is 8.42 Å². The van der Waals surface area contributed by atoms with Gasteiger partial charge in [-0.2, -0.15) is 0 Å². The van der Waals surface area contributed by atoms with Crippen LogP contribution in [0.2, 0.25) is 0 Å². The van der Waals surface area contributed by atoms with Crippen LogP contribution in [0.25, 0.3) is 11.3 Å². The van der Waals surface area contributed by atoms with Crippen LogP contribution >= 0.6 is 22.9 Å². The zero-order valence-electron chi connectivity index (χ0n) is 11.5. The predicted octanol–water partition coefficient (Wildman–Crippen LogP) is 3.05. The van der Waals surface area contributed by atoms with Crippen molar-refractivity contribution in [2.75, 3.05) is 22.5 Å². The Labute approximate surface area is 133 Å². The summed E-state index contributed by atoms with van der Waals surface area (Å²) in [7, 11) is -3.31. The summed E-state index contributed by atoms with van der Waals surface area (Å²) < 4.78 is 25.8. The standard InChI is InChI=1S/C14H15ClN2O2S2/c1-10-16-13(9-20-10)11-2-3-14-12(8-11)4-6-17(14)21(18,19)7-5-15/h2-3,8-9H,4-7H2,1H3. The third-order valence-corrected chi connectivity index (χ3v) is 6.48. The van der Waals surface area contributed by atoms with E-state index < -0.39 is 10.0 Å². The molecule has 4 nitrogen and oxygen atoms in total. The van der Waals surface area contributed by atoms with Gasteiger partial charge in [-0.15, -0.1) is 22.9 Å². The molecule has 2 aromatic rings. The van der Waals surface area contributed by atoms with Crippen LogP contribution in [-0.4, -0.2) is 31.6 Å². The van der Waals surface area contributed by atoms with Crippen LogP contribution < -0.4 is 4.31 Å². The maximum Gasteiger partial charge on any atom is 0.236 e. The first-order chi connectivity index (χ1) is 10.0. The topological polar surface area (TPSA) is 50.3 Å². The number of benzene rings is 1. The lowest BCUT2D eigenvalue weighted by Gasteiger charge is -2.18.